The molecule has 2 N–H and O–H groups in total. The lowest BCUT2D eigenvalue weighted by Crippen LogP contribution is -2.32. The summed E-state index contributed by atoms with van der Waals surface area (Å²) in [6.45, 7) is 6.48. The highest BCUT2D eigenvalue weighted by molar-refractivity contribution is 7.09. The van der Waals surface area contributed by atoms with Gasteiger partial charge in [0, 0.05) is 17.5 Å². The lowest BCUT2D eigenvalue weighted by molar-refractivity contribution is -0.119. The van der Waals surface area contributed by atoms with E-state index in [9.17, 15) is 4.79 Å². The topological polar surface area (TPSA) is 56.0 Å². The summed E-state index contributed by atoms with van der Waals surface area (Å²) < 4.78 is 0. The minimum atomic E-state index is -0.332. The first-order valence-corrected chi connectivity index (χ1v) is 6.42. The Bertz CT molecular complexity index is 327. The van der Waals surface area contributed by atoms with Crippen LogP contribution in [-0.2, 0) is 11.2 Å². The summed E-state index contributed by atoms with van der Waals surface area (Å²) in [5.74, 6) is 0.119. The van der Waals surface area contributed by atoms with Gasteiger partial charge < -0.3 is 5.73 Å². The molecule has 0 spiro atoms. The van der Waals surface area contributed by atoms with Crippen molar-refractivity contribution >= 4 is 17.1 Å². The van der Waals surface area contributed by atoms with Gasteiger partial charge >= 0.3 is 0 Å². The number of rotatable bonds is 5. The highest BCUT2D eigenvalue weighted by atomic mass is 32.1. The molecule has 16 heavy (non-hydrogen) atoms. The molecule has 0 bridgehead atoms. The van der Waals surface area contributed by atoms with Crippen LogP contribution in [0.2, 0.25) is 0 Å². The molecular formula is C12H20N2OS. The average molecular weight is 240 g/mol. The molecule has 0 saturated heterocycles. The van der Waals surface area contributed by atoms with E-state index >= 15 is 0 Å². The first-order chi connectivity index (χ1) is 7.38. The van der Waals surface area contributed by atoms with Gasteiger partial charge in [-0.25, -0.2) is 0 Å². The number of carbonyl (C=O) groups excluding carboxylic acids is 1. The van der Waals surface area contributed by atoms with Crippen molar-refractivity contribution in [2.24, 2.45) is 11.1 Å². The maximum atomic E-state index is 11.8. The predicted molar refractivity (Wildman–Crippen MR) is 67.5 cm³/mol. The second-order valence-electron chi connectivity index (χ2n) is 5.32. The number of hydrogen-bond acceptors (Lipinski definition) is 4. The molecule has 1 aromatic heterocycles. The zero-order valence-electron chi connectivity index (χ0n) is 10.2. The van der Waals surface area contributed by atoms with Crippen LogP contribution in [0, 0.1) is 5.41 Å². The number of nitrogens with two attached hydrogens (primary N) is 1. The summed E-state index contributed by atoms with van der Waals surface area (Å²) in [6.07, 6.45) is 3.90. The fourth-order valence-corrected chi connectivity index (χ4v) is 1.99. The van der Waals surface area contributed by atoms with E-state index < -0.39 is 0 Å². The Hall–Kier alpha value is -0.740. The van der Waals surface area contributed by atoms with Gasteiger partial charge in [-0.1, -0.05) is 20.8 Å². The molecule has 3 nitrogen and oxygen atoms in total. The number of hydrogen-bond donors (Lipinski definition) is 1. The van der Waals surface area contributed by atoms with Gasteiger partial charge in [-0.15, -0.1) is 11.3 Å². The van der Waals surface area contributed by atoms with Crippen LogP contribution < -0.4 is 5.73 Å². The number of aromatic nitrogens is 1. The van der Waals surface area contributed by atoms with Crippen LogP contribution in [0.5, 0.6) is 0 Å². The SMILES string of the molecule is CC(C)(C)CCC(N)C(=O)Cc1cncs1. The van der Waals surface area contributed by atoms with Crippen LogP contribution in [0.1, 0.15) is 38.5 Å². The monoisotopic (exact) mass is 240 g/mol. The highest BCUT2D eigenvalue weighted by Gasteiger charge is 2.18. The Morgan fingerprint density at radius 1 is 1.56 bits per heavy atom. The van der Waals surface area contributed by atoms with Crippen molar-refractivity contribution in [1.82, 2.24) is 4.98 Å². The Morgan fingerprint density at radius 2 is 2.25 bits per heavy atom. The highest BCUT2D eigenvalue weighted by Crippen LogP contribution is 2.21. The lowest BCUT2D eigenvalue weighted by atomic mass is 9.88. The minimum Gasteiger partial charge on any atom is -0.321 e. The van der Waals surface area contributed by atoms with Crippen molar-refractivity contribution in [3.63, 3.8) is 0 Å². The second-order valence-corrected chi connectivity index (χ2v) is 6.29. The summed E-state index contributed by atoms with van der Waals surface area (Å²) in [4.78, 5) is 16.7. The van der Waals surface area contributed by atoms with E-state index in [1.165, 1.54) is 11.3 Å². The molecule has 1 unspecified atom stereocenters. The molecule has 90 valence electrons. The molecule has 1 atom stereocenters. The van der Waals surface area contributed by atoms with Gasteiger partial charge in [-0.3, -0.25) is 9.78 Å². The first-order valence-electron chi connectivity index (χ1n) is 5.54. The van der Waals surface area contributed by atoms with Crippen LogP contribution in [0.15, 0.2) is 11.7 Å². The van der Waals surface area contributed by atoms with E-state index in [-0.39, 0.29) is 17.2 Å². The van der Waals surface area contributed by atoms with Gasteiger partial charge in [0.2, 0.25) is 0 Å². The maximum absolute atomic E-state index is 11.8. The third-order valence-electron chi connectivity index (χ3n) is 2.45. The van der Waals surface area contributed by atoms with Crippen molar-refractivity contribution in [3.8, 4) is 0 Å². The number of thiazole rings is 1. The first kappa shape index (κ1) is 13.3. The van der Waals surface area contributed by atoms with Gasteiger partial charge in [0.05, 0.1) is 11.6 Å². The standard InChI is InChI=1S/C12H20N2OS/c1-12(2,3)5-4-10(13)11(15)6-9-7-14-8-16-9/h7-8,10H,4-6,13H2,1-3H3. The van der Waals surface area contributed by atoms with E-state index in [2.05, 4.69) is 25.8 Å². The molecule has 4 heteroatoms. The average Bonchev–Trinajstić information content (AvgIpc) is 2.65. The van der Waals surface area contributed by atoms with Crippen molar-refractivity contribution in [2.75, 3.05) is 0 Å². The summed E-state index contributed by atoms with van der Waals surface area (Å²) in [5, 5.41) is 0. The van der Waals surface area contributed by atoms with Gasteiger partial charge in [0.1, 0.15) is 0 Å². The van der Waals surface area contributed by atoms with Crippen LogP contribution in [-0.4, -0.2) is 16.8 Å². The van der Waals surface area contributed by atoms with Crippen molar-refractivity contribution < 1.29 is 4.79 Å². The lowest BCUT2D eigenvalue weighted by Gasteiger charge is -2.20. The predicted octanol–water partition coefficient (Wildman–Crippen LogP) is 2.41. The van der Waals surface area contributed by atoms with Crippen LogP contribution >= 0.6 is 11.3 Å². The van der Waals surface area contributed by atoms with E-state index in [0.29, 0.717) is 6.42 Å². The van der Waals surface area contributed by atoms with Gasteiger partial charge in [0.25, 0.3) is 0 Å². The van der Waals surface area contributed by atoms with Crippen LogP contribution in [0.25, 0.3) is 0 Å². The van der Waals surface area contributed by atoms with E-state index in [4.69, 9.17) is 5.73 Å². The van der Waals surface area contributed by atoms with Crippen molar-refractivity contribution in [3.05, 3.63) is 16.6 Å². The van der Waals surface area contributed by atoms with Crippen molar-refractivity contribution in [2.45, 2.75) is 46.1 Å². The van der Waals surface area contributed by atoms with E-state index in [0.717, 1.165) is 17.7 Å². The van der Waals surface area contributed by atoms with Gasteiger partial charge in [0.15, 0.2) is 5.78 Å². The third kappa shape index (κ3) is 4.86. The summed E-state index contributed by atoms with van der Waals surface area (Å²) in [6, 6.07) is -0.332. The fourth-order valence-electron chi connectivity index (χ4n) is 1.38. The van der Waals surface area contributed by atoms with E-state index in [1.54, 1.807) is 11.7 Å². The number of nitrogens with zero attached hydrogens (tertiary/aromatic N) is 1. The molecule has 0 amide bonds. The number of carbonyl (C=O) groups is 1. The van der Waals surface area contributed by atoms with Gasteiger partial charge in [-0.2, -0.15) is 0 Å². The summed E-state index contributed by atoms with van der Waals surface area (Å²) >= 11 is 1.50. The smallest absolute Gasteiger partial charge is 0.154 e. The second kappa shape index (κ2) is 5.55. The fraction of sp³-hybridized carbons (Fsp3) is 0.667. The Kier molecular flexibility index (Phi) is 4.62. The molecule has 0 aliphatic rings. The minimum absolute atomic E-state index is 0.119. The normalized spacial score (nSPS) is 13.8. The number of Topliss-reactive ketones (excluding diaryl/α,β-unsaturated/α-hetero) is 1. The quantitative estimate of drug-likeness (QED) is 0.860. The Balaban J connectivity index is 2.37. The summed E-state index contributed by atoms with van der Waals surface area (Å²) in [5.41, 5.74) is 7.85. The molecule has 1 aromatic rings. The zero-order valence-corrected chi connectivity index (χ0v) is 11.0. The molecule has 0 aliphatic heterocycles. The number of ketones is 1. The maximum Gasteiger partial charge on any atom is 0.154 e. The Labute approximate surface area is 101 Å². The third-order valence-corrected chi connectivity index (χ3v) is 3.23. The molecule has 0 aliphatic carbocycles. The van der Waals surface area contributed by atoms with Crippen molar-refractivity contribution in [1.29, 1.82) is 0 Å². The molecule has 0 radical (unpaired) electrons. The van der Waals surface area contributed by atoms with Gasteiger partial charge in [-0.05, 0) is 18.3 Å². The van der Waals surface area contributed by atoms with E-state index in [1.807, 2.05) is 0 Å². The molecular weight excluding hydrogens is 220 g/mol. The Morgan fingerprint density at radius 3 is 2.75 bits per heavy atom. The largest absolute Gasteiger partial charge is 0.321 e. The molecule has 1 rings (SSSR count). The summed E-state index contributed by atoms with van der Waals surface area (Å²) in [7, 11) is 0. The van der Waals surface area contributed by atoms with Crippen LogP contribution in [0.4, 0.5) is 0 Å². The zero-order chi connectivity index (χ0) is 12.2. The molecule has 0 aromatic carbocycles. The molecule has 0 saturated carbocycles. The molecule has 0 fully saturated rings. The van der Waals surface area contributed by atoms with Crippen LogP contribution in [0.3, 0.4) is 0 Å². The molecule has 1 heterocycles.